The van der Waals surface area contributed by atoms with Crippen LogP contribution in [0, 0.1) is 0 Å². The number of guanidine groups is 1. The molecule has 0 saturated carbocycles. The van der Waals surface area contributed by atoms with Gasteiger partial charge in [0.2, 0.25) is 5.96 Å². The number of nitrogens with zero attached hydrogens (tertiary/aromatic N) is 1. The number of rotatable bonds is 4. The highest BCUT2D eigenvalue weighted by Gasteiger charge is 2.44. The first-order valence-electron chi connectivity index (χ1n) is 8.70. The molecular formula is C20H17BrF3N3O2. The van der Waals surface area contributed by atoms with E-state index in [1.807, 2.05) is 0 Å². The van der Waals surface area contributed by atoms with Gasteiger partial charge in [-0.05, 0) is 36.8 Å². The number of ether oxygens (including phenoxy) is 1. The summed E-state index contributed by atoms with van der Waals surface area (Å²) in [6.07, 6.45) is -4.81. The number of nitrogens with one attached hydrogen (secondary N) is 2. The molecule has 2 aromatic carbocycles. The van der Waals surface area contributed by atoms with Crippen LogP contribution >= 0.6 is 15.9 Å². The van der Waals surface area contributed by atoms with Crippen molar-refractivity contribution in [1.82, 2.24) is 5.32 Å². The van der Waals surface area contributed by atoms with E-state index in [4.69, 9.17) is 4.74 Å². The number of anilines is 1. The minimum Gasteiger partial charge on any atom is -0.463 e. The van der Waals surface area contributed by atoms with E-state index < -0.39 is 29.5 Å². The quantitative estimate of drug-likeness (QED) is 0.625. The van der Waals surface area contributed by atoms with Crippen LogP contribution in [-0.2, 0) is 9.53 Å². The molecule has 0 radical (unpaired) electrons. The van der Waals surface area contributed by atoms with Crippen LogP contribution in [0.2, 0.25) is 0 Å². The Morgan fingerprint density at radius 1 is 1.21 bits per heavy atom. The van der Waals surface area contributed by atoms with Crippen molar-refractivity contribution in [2.45, 2.75) is 19.1 Å². The first-order chi connectivity index (χ1) is 13.8. The number of esters is 1. The third-order valence-electron chi connectivity index (χ3n) is 4.02. The van der Waals surface area contributed by atoms with Gasteiger partial charge in [-0.15, -0.1) is 0 Å². The van der Waals surface area contributed by atoms with Crippen molar-refractivity contribution in [1.29, 1.82) is 0 Å². The summed E-state index contributed by atoms with van der Waals surface area (Å²) in [4.78, 5) is 16.8. The van der Waals surface area contributed by atoms with Crippen LogP contribution < -0.4 is 10.6 Å². The lowest BCUT2D eigenvalue weighted by Crippen LogP contribution is -2.42. The zero-order valence-corrected chi connectivity index (χ0v) is 16.8. The second-order valence-electron chi connectivity index (χ2n) is 6.06. The Morgan fingerprint density at radius 2 is 1.93 bits per heavy atom. The van der Waals surface area contributed by atoms with Gasteiger partial charge in [-0.1, -0.05) is 46.3 Å². The van der Waals surface area contributed by atoms with Crippen molar-refractivity contribution in [3.8, 4) is 0 Å². The van der Waals surface area contributed by atoms with Gasteiger partial charge >= 0.3 is 12.1 Å². The fourth-order valence-electron chi connectivity index (χ4n) is 2.83. The summed E-state index contributed by atoms with van der Waals surface area (Å²) in [5.74, 6) is -1.19. The summed E-state index contributed by atoms with van der Waals surface area (Å²) in [5.41, 5.74) is -0.823. The predicted octanol–water partition coefficient (Wildman–Crippen LogP) is 4.94. The van der Waals surface area contributed by atoms with Crippen LogP contribution in [0.5, 0.6) is 0 Å². The Hall–Kier alpha value is -2.81. The van der Waals surface area contributed by atoms with Crippen LogP contribution in [-0.4, -0.2) is 24.7 Å². The van der Waals surface area contributed by atoms with E-state index in [9.17, 15) is 18.0 Å². The van der Waals surface area contributed by atoms with E-state index in [1.165, 1.54) is 6.92 Å². The standard InChI is InChI=1S/C20H17BrF3N3O2/c1-2-29-18(28)15-16(12-7-6-8-13(21)11-12)26-19(27-17(15)20(22,23)24)25-14-9-4-3-5-10-14/h3-11,16H,2H2,1H3,(H2,25,26,27). The van der Waals surface area contributed by atoms with Gasteiger partial charge in [0.05, 0.1) is 12.2 Å². The SMILES string of the molecule is CCOC(=O)C1=C(C(F)(F)F)NC(Nc2ccccc2)=NC1c1cccc(Br)c1. The lowest BCUT2D eigenvalue weighted by atomic mass is 9.96. The van der Waals surface area contributed by atoms with Crippen molar-refractivity contribution in [3.63, 3.8) is 0 Å². The van der Waals surface area contributed by atoms with Crippen molar-refractivity contribution < 1.29 is 22.7 Å². The number of allylic oxidation sites excluding steroid dienone is 1. The van der Waals surface area contributed by atoms with Crippen molar-refractivity contribution in [3.05, 3.63) is 75.9 Å². The molecule has 2 N–H and O–H groups in total. The number of aliphatic imine (C=N–C) groups is 1. The van der Waals surface area contributed by atoms with Crippen LogP contribution in [0.4, 0.5) is 18.9 Å². The zero-order chi connectivity index (χ0) is 21.0. The van der Waals surface area contributed by atoms with Gasteiger partial charge in [-0.3, -0.25) is 0 Å². The van der Waals surface area contributed by atoms with E-state index >= 15 is 0 Å². The summed E-state index contributed by atoms with van der Waals surface area (Å²) in [6, 6.07) is 14.1. The lowest BCUT2D eigenvalue weighted by molar-refractivity contribution is -0.140. The molecule has 3 rings (SSSR count). The van der Waals surface area contributed by atoms with Crippen LogP contribution in [0.3, 0.4) is 0 Å². The first-order valence-corrected chi connectivity index (χ1v) is 9.49. The molecule has 2 aromatic rings. The number of benzene rings is 2. The van der Waals surface area contributed by atoms with Crippen molar-refractivity contribution in [2.24, 2.45) is 4.99 Å². The molecular weight excluding hydrogens is 451 g/mol. The van der Waals surface area contributed by atoms with Gasteiger partial charge in [0.1, 0.15) is 11.7 Å². The molecule has 9 heteroatoms. The summed E-state index contributed by atoms with van der Waals surface area (Å²) < 4.78 is 47.1. The fraction of sp³-hybridized carbons (Fsp3) is 0.200. The monoisotopic (exact) mass is 467 g/mol. The summed E-state index contributed by atoms with van der Waals surface area (Å²) in [7, 11) is 0. The van der Waals surface area contributed by atoms with Gasteiger partial charge < -0.3 is 15.4 Å². The maximum atomic E-state index is 13.9. The maximum Gasteiger partial charge on any atom is 0.431 e. The molecule has 0 aliphatic carbocycles. The van der Waals surface area contributed by atoms with Gasteiger partial charge in [-0.25, -0.2) is 9.79 Å². The minimum atomic E-state index is -4.81. The Kier molecular flexibility index (Phi) is 6.26. The molecule has 1 heterocycles. The highest BCUT2D eigenvalue weighted by Crippen LogP contribution is 2.38. The first kappa shape index (κ1) is 20.9. The number of hydrogen-bond donors (Lipinski definition) is 2. The third-order valence-corrected chi connectivity index (χ3v) is 4.52. The highest BCUT2D eigenvalue weighted by atomic mass is 79.9. The van der Waals surface area contributed by atoms with Crippen molar-refractivity contribution >= 4 is 33.5 Å². The largest absolute Gasteiger partial charge is 0.463 e. The number of hydrogen-bond acceptors (Lipinski definition) is 5. The second-order valence-corrected chi connectivity index (χ2v) is 6.97. The average molecular weight is 468 g/mol. The third kappa shape index (κ3) is 4.97. The summed E-state index contributed by atoms with van der Waals surface area (Å²) >= 11 is 3.31. The number of alkyl halides is 3. The van der Waals surface area contributed by atoms with Crippen LogP contribution in [0.25, 0.3) is 0 Å². The smallest absolute Gasteiger partial charge is 0.431 e. The number of para-hydroxylation sites is 1. The van der Waals surface area contributed by atoms with Gasteiger partial charge in [0, 0.05) is 10.2 Å². The molecule has 0 saturated heterocycles. The zero-order valence-electron chi connectivity index (χ0n) is 15.3. The van der Waals surface area contributed by atoms with Crippen LogP contribution in [0.1, 0.15) is 18.5 Å². The molecule has 0 aromatic heterocycles. The van der Waals surface area contributed by atoms with Crippen molar-refractivity contribution in [2.75, 3.05) is 11.9 Å². The van der Waals surface area contributed by atoms with E-state index in [-0.39, 0.29) is 12.6 Å². The minimum absolute atomic E-state index is 0.0580. The van der Waals surface area contributed by atoms with E-state index in [1.54, 1.807) is 54.6 Å². The molecule has 0 amide bonds. The number of carbonyl (C=O) groups is 1. The Labute approximate surface area is 173 Å². The highest BCUT2D eigenvalue weighted by molar-refractivity contribution is 9.10. The fourth-order valence-corrected chi connectivity index (χ4v) is 3.25. The second kappa shape index (κ2) is 8.69. The summed E-state index contributed by atoms with van der Waals surface area (Å²) in [5, 5.41) is 5.06. The molecule has 0 spiro atoms. The topological polar surface area (TPSA) is 62.7 Å². The lowest BCUT2D eigenvalue weighted by Gasteiger charge is -2.28. The molecule has 152 valence electrons. The van der Waals surface area contributed by atoms with E-state index in [0.717, 1.165) is 0 Å². The Bertz CT molecular complexity index is 959. The molecule has 1 atom stereocenters. The molecule has 1 aliphatic heterocycles. The molecule has 5 nitrogen and oxygen atoms in total. The molecule has 29 heavy (non-hydrogen) atoms. The van der Waals surface area contributed by atoms with E-state index in [2.05, 4.69) is 31.6 Å². The molecule has 0 bridgehead atoms. The Balaban J connectivity index is 2.12. The Morgan fingerprint density at radius 3 is 2.55 bits per heavy atom. The average Bonchev–Trinajstić information content (AvgIpc) is 2.67. The van der Waals surface area contributed by atoms with Gasteiger partial charge in [0.25, 0.3) is 0 Å². The van der Waals surface area contributed by atoms with Gasteiger partial charge in [-0.2, -0.15) is 13.2 Å². The summed E-state index contributed by atoms with van der Waals surface area (Å²) in [6.45, 7) is 1.47. The molecule has 0 fully saturated rings. The van der Waals surface area contributed by atoms with Crippen LogP contribution in [0.15, 0.2) is 75.3 Å². The predicted molar refractivity (Wildman–Crippen MR) is 107 cm³/mol. The van der Waals surface area contributed by atoms with Gasteiger partial charge in [0.15, 0.2) is 0 Å². The van der Waals surface area contributed by atoms with E-state index in [0.29, 0.717) is 15.7 Å². The maximum absolute atomic E-state index is 13.9. The normalized spacial score (nSPS) is 16.7. The number of carbonyl (C=O) groups excluding carboxylic acids is 1. The molecule has 1 aliphatic rings. The number of halogens is 4. The molecule has 1 unspecified atom stereocenters.